The van der Waals surface area contributed by atoms with Crippen molar-refractivity contribution in [2.75, 3.05) is 4.90 Å². The Hall–Kier alpha value is -3.27. The van der Waals surface area contributed by atoms with E-state index in [9.17, 15) is 9.59 Å². The summed E-state index contributed by atoms with van der Waals surface area (Å²) in [5.41, 5.74) is 1.38. The lowest BCUT2D eigenvalue weighted by molar-refractivity contribution is -0.122. The normalized spacial score (nSPS) is 16.1. The molecule has 4 nitrogen and oxygen atoms in total. The van der Waals surface area contributed by atoms with Gasteiger partial charge in [-0.25, -0.2) is 9.88 Å². The van der Waals surface area contributed by atoms with Gasteiger partial charge in [-0.2, -0.15) is 0 Å². The number of aromatic nitrogens is 1. The van der Waals surface area contributed by atoms with Crippen molar-refractivity contribution in [2.45, 2.75) is 18.8 Å². The Balaban J connectivity index is 1.91. The lowest BCUT2D eigenvalue weighted by atomic mass is 9.73. The highest BCUT2D eigenvalue weighted by molar-refractivity contribution is 6.25. The molecule has 0 atom stereocenters. The topological polar surface area (TPSA) is 50.3 Å². The van der Waals surface area contributed by atoms with Crippen molar-refractivity contribution in [1.29, 1.82) is 0 Å². The molecule has 2 aromatic carbocycles. The zero-order valence-corrected chi connectivity index (χ0v) is 14.4. The number of imide groups is 1. The second kappa shape index (κ2) is 6.23. The maximum absolute atomic E-state index is 13.6. The third kappa shape index (κ3) is 2.42. The van der Waals surface area contributed by atoms with Crippen molar-refractivity contribution in [2.24, 2.45) is 0 Å². The van der Waals surface area contributed by atoms with Gasteiger partial charge in [0.25, 0.3) is 5.91 Å². The molecule has 0 N–H and O–H groups in total. The van der Waals surface area contributed by atoms with Crippen LogP contribution < -0.4 is 4.90 Å². The molecule has 1 aliphatic heterocycles. The SMILES string of the molecule is Cc1cccc(N2C(=O)CC(c3ccccc3)(c3ccccc3)C2=O)n1. The van der Waals surface area contributed by atoms with Crippen LogP contribution in [0.4, 0.5) is 5.82 Å². The Morgan fingerprint density at radius 1 is 0.808 bits per heavy atom. The fourth-order valence-corrected chi connectivity index (χ4v) is 3.63. The maximum Gasteiger partial charge on any atom is 0.250 e. The first-order chi connectivity index (χ1) is 12.6. The molecular weight excluding hydrogens is 324 g/mol. The quantitative estimate of drug-likeness (QED) is 0.683. The fraction of sp³-hybridized carbons (Fsp3) is 0.136. The average Bonchev–Trinajstić information content (AvgIpc) is 2.94. The van der Waals surface area contributed by atoms with Crippen LogP contribution in [-0.4, -0.2) is 16.8 Å². The molecule has 3 aromatic rings. The average molecular weight is 342 g/mol. The van der Waals surface area contributed by atoms with E-state index in [0.29, 0.717) is 5.82 Å². The Morgan fingerprint density at radius 3 is 1.92 bits per heavy atom. The highest BCUT2D eigenvalue weighted by Gasteiger charge is 2.54. The van der Waals surface area contributed by atoms with Gasteiger partial charge >= 0.3 is 0 Å². The van der Waals surface area contributed by atoms with Gasteiger partial charge in [0.05, 0.1) is 6.42 Å². The minimum atomic E-state index is -1.02. The number of carbonyl (C=O) groups is 2. The predicted octanol–water partition coefficient (Wildman–Crippen LogP) is 3.64. The number of nitrogens with zero attached hydrogens (tertiary/aromatic N) is 2. The van der Waals surface area contributed by atoms with Crippen LogP contribution in [0.15, 0.2) is 78.9 Å². The van der Waals surface area contributed by atoms with Crippen molar-refractivity contribution in [3.8, 4) is 0 Å². The number of hydrogen-bond acceptors (Lipinski definition) is 3. The Morgan fingerprint density at radius 2 is 1.38 bits per heavy atom. The van der Waals surface area contributed by atoms with Crippen LogP contribution in [0.1, 0.15) is 23.2 Å². The summed E-state index contributed by atoms with van der Waals surface area (Å²) in [7, 11) is 0. The lowest BCUT2D eigenvalue weighted by Gasteiger charge is -2.28. The summed E-state index contributed by atoms with van der Waals surface area (Å²) in [5, 5.41) is 0. The second-order valence-corrected chi connectivity index (χ2v) is 6.49. The van der Waals surface area contributed by atoms with E-state index in [1.54, 1.807) is 6.07 Å². The molecule has 0 spiro atoms. The number of benzene rings is 2. The van der Waals surface area contributed by atoms with Gasteiger partial charge in [-0.1, -0.05) is 66.7 Å². The molecule has 0 bridgehead atoms. The zero-order chi connectivity index (χ0) is 18.1. The molecule has 1 aliphatic rings. The summed E-state index contributed by atoms with van der Waals surface area (Å²) in [6, 6.07) is 24.4. The number of anilines is 1. The second-order valence-electron chi connectivity index (χ2n) is 6.49. The molecule has 1 fully saturated rings. The van der Waals surface area contributed by atoms with Gasteiger partial charge in [0.2, 0.25) is 5.91 Å². The standard InChI is InChI=1S/C22H18N2O2/c1-16-9-8-14-19(23-16)24-20(25)15-22(21(24)26,17-10-4-2-5-11-17)18-12-6-3-7-13-18/h2-14H,15H2,1H3. The molecule has 4 heteroatoms. The van der Waals surface area contributed by atoms with Gasteiger partial charge in [-0.15, -0.1) is 0 Å². The number of carbonyl (C=O) groups excluding carboxylic acids is 2. The van der Waals surface area contributed by atoms with Gasteiger partial charge in [0, 0.05) is 5.69 Å². The molecule has 128 valence electrons. The lowest BCUT2D eigenvalue weighted by Crippen LogP contribution is -2.39. The number of amides is 2. The van der Waals surface area contributed by atoms with Crippen molar-refractivity contribution >= 4 is 17.6 Å². The third-order valence-electron chi connectivity index (χ3n) is 4.87. The number of pyridine rings is 1. The van der Waals surface area contributed by atoms with Gasteiger partial charge in [-0.3, -0.25) is 9.59 Å². The Kier molecular flexibility index (Phi) is 3.88. The minimum absolute atomic E-state index is 0.0927. The Bertz CT molecular complexity index is 928. The minimum Gasteiger partial charge on any atom is -0.274 e. The number of rotatable bonds is 3. The first-order valence-electron chi connectivity index (χ1n) is 8.55. The van der Waals surface area contributed by atoms with E-state index in [4.69, 9.17) is 0 Å². The van der Waals surface area contributed by atoms with E-state index in [1.165, 1.54) is 4.90 Å². The molecule has 0 saturated carbocycles. The summed E-state index contributed by atoms with van der Waals surface area (Å²) in [4.78, 5) is 32.2. The first kappa shape index (κ1) is 16.2. The van der Waals surface area contributed by atoms with Crippen molar-refractivity contribution in [1.82, 2.24) is 4.98 Å². The van der Waals surface area contributed by atoms with E-state index >= 15 is 0 Å². The molecule has 4 rings (SSSR count). The summed E-state index contributed by atoms with van der Waals surface area (Å²) < 4.78 is 0. The van der Waals surface area contributed by atoms with Crippen LogP contribution in [0.25, 0.3) is 0 Å². The van der Waals surface area contributed by atoms with E-state index in [0.717, 1.165) is 16.8 Å². The van der Waals surface area contributed by atoms with E-state index in [1.807, 2.05) is 79.7 Å². The predicted molar refractivity (Wildman–Crippen MR) is 99.7 cm³/mol. The molecule has 2 heterocycles. The van der Waals surface area contributed by atoms with Crippen LogP contribution in [0.3, 0.4) is 0 Å². The van der Waals surface area contributed by atoms with E-state index < -0.39 is 5.41 Å². The molecule has 1 saturated heterocycles. The summed E-state index contributed by atoms with van der Waals surface area (Å²) in [6.07, 6.45) is 0.0927. The summed E-state index contributed by atoms with van der Waals surface area (Å²) >= 11 is 0. The van der Waals surface area contributed by atoms with Crippen LogP contribution in [0.5, 0.6) is 0 Å². The highest BCUT2D eigenvalue weighted by Crippen LogP contribution is 2.43. The van der Waals surface area contributed by atoms with Crippen molar-refractivity contribution in [3.05, 3.63) is 95.7 Å². The van der Waals surface area contributed by atoms with Gasteiger partial charge in [0.15, 0.2) is 0 Å². The van der Waals surface area contributed by atoms with Crippen LogP contribution in [-0.2, 0) is 15.0 Å². The Labute approximate surface area is 152 Å². The molecule has 0 aliphatic carbocycles. The number of aryl methyl sites for hydroxylation is 1. The van der Waals surface area contributed by atoms with Crippen molar-refractivity contribution < 1.29 is 9.59 Å². The van der Waals surface area contributed by atoms with Crippen LogP contribution in [0.2, 0.25) is 0 Å². The van der Waals surface area contributed by atoms with Crippen molar-refractivity contribution in [3.63, 3.8) is 0 Å². The van der Waals surface area contributed by atoms with E-state index in [2.05, 4.69) is 4.98 Å². The third-order valence-corrected chi connectivity index (χ3v) is 4.87. The largest absolute Gasteiger partial charge is 0.274 e. The highest BCUT2D eigenvalue weighted by atomic mass is 16.2. The molecule has 26 heavy (non-hydrogen) atoms. The zero-order valence-electron chi connectivity index (χ0n) is 14.4. The van der Waals surface area contributed by atoms with Gasteiger partial charge < -0.3 is 0 Å². The number of hydrogen-bond donors (Lipinski definition) is 0. The molecular formula is C22H18N2O2. The van der Waals surface area contributed by atoms with Gasteiger partial charge in [-0.05, 0) is 30.2 Å². The van der Waals surface area contributed by atoms with E-state index in [-0.39, 0.29) is 18.2 Å². The monoisotopic (exact) mass is 342 g/mol. The molecule has 2 amide bonds. The first-order valence-corrected chi connectivity index (χ1v) is 8.55. The maximum atomic E-state index is 13.6. The fourth-order valence-electron chi connectivity index (χ4n) is 3.63. The molecule has 0 unspecified atom stereocenters. The van der Waals surface area contributed by atoms with Crippen LogP contribution in [0, 0.1) is 6.92 Å². The smallest absolute Gasteiger partial charge is 0.250 e. The molecule has 1 aromatic heterocycles. The molecule has 0 radical (unpaired) electrons. The summed E-state index contributed by atoms with van der Waals surface area (Å²) in [6.45, 7) is 1.84. The summed E-state index contributed by atoms with van der Waals surface area (Å²) in [5.74, 6) is -0.104. The van der Waals surface area contributed by atoms with Gasteiger partial charge in [0.1, 0.15) is 11.2 Å². The van der Waals surface area contributed by atoms with Crippen LogP contribution >= 0.6 is 0 Å².